The molecule has 2 amide bonds. The number of hydrogen-bond acceptors (Lipinski definition) is 5. The van der Waals surface area contributed by atoms with Gasteiger partial charge in [0.2, 0.25) is 11.8 Å². The first-order valence-corrected chi connectivity index (χ1v) is 11.9. The number of esters is 1. The van der Waals surface area contributed by atoms with Crippen LogP contribution in [0.1, 0.15) is 64.4 Å². The van der Waals surface area contributed by atoms with Crippen LogP contribution in [0, 0.1) is 17.8 Å². The van der Waals surface area contributed by atoms with Gasteiger partial charge in [-0.25, -0.2) is 10.3 Å². The molecule has 3 atom stereocenters. The Balaban J connectivity index is 2.23. The van der Waals surface area contributed by atoms with Crippen molar-refractivity contribution in [2.45, 2.75) is 77.4 Å². The molecule has 0 unspecified atom stereocenters. The third kappa shape index (κ3) is 8.65. The van der Waals surface area contributed by atoms with E-state index in [0.717, 1.165) is 37.7 Å². The number of benzene rings is 1. The average molecular weight is 459 g/mol. The molecule has 1 fully saturated rings. The molecule has 1 aromatic rings. The highest BCUT2D eigenvalue weighted by atomic mass is 16.5. The predicted octanol–water partition coefficient (Wildman–Crippen LogP) is 3.95. The maximum Gasteiger partial charge on any atom is 0.329 e. The molecule has 2 rings (SSSR count). The summed E-state index contributed by atoms with van der Waals surface area (Å²) >= 11 is 0. The van der Waals surface area contributed by atoms with Crippen molar-refractivity contribution in [3.8, 4) is 0 Å². The lowest BCUT2D eigenvalue weighted by atomic mass is 9.82. The number of carbonyl (C=O) groups excluding carboxylic acids is 3. The molecule has 7 nitrogen and oxygen atoms in total. The van der Waals surface area contributed by atoms with E-state index in [-0.39, 0.29) is 18.4 Å². The van der Waals surface area contributed by atoms with Crippen molar-refractivity contribution in [1.82, 2.24) is 10.8 Å². The average Bonchev–Trinajstić information content (AvgIpc) is 2.81. The molecule has 0 spiro atoms. The van der Waals surface area contributed by atoms with Gasteiger partial charge in [0.15, 0.2) is 0 Å². The van der Waals surface area contributed by atoms with Crippen LogP contribution in [0.15, 0.2) is 43.0 Å². The van der Waals surface area contributed by atoms with Crippen LogP contribution in [0.5, 0.6) is 0 Å². The van der Waals surface area contributed by atoms with Crippen molar-refractivity contribution in [1.29, 1.82) is 0 Å². The summed E-state index contributed by atoms with van der Waals surface area (Å²) in [6, 6.07) is 8.60. The van der Waals surface area contributed by atoms with E-state index in [1.54, 1.807) is 11.6 Å². The van der Waals surface area contributed by atoms with Gasteiger partial charge in [-0.3, -0.25) is 14.8 Å². The lowest BCUT2D eigenvalue weighted by molar-refractivity contribution is -0.155. The number of amides is 2. The quantitative estimate of drug-likeness (QED) is 0.190. The Morgan fingerprint density at radius 2 is 1.76 bits per heavy atom. The van der Waals surface area contributed by atoms with Crippen molar-refractivity contribution in [2.75, 3.05) is 0 Å². The lowest BCUT2D eigenvalue weighted by Gasteiger charge is -2.29. The standard InChI is InChI=1S/C26H38N2O5/c1-4-11-21(25(30)28-32)22(16-18(2)3)24(29)27-23(17-19-12-7-5-8-13-19)26(31)33-20-14-9-6-10-15-20/h4-5,7-8,12-13,18,20-23,32H,1,6,9-11,14-17H2,2-3H3,(H,27,29)(H,28,30)/t21-,22+,23-/m0/s1. The van der Waals surface area contributed by atoms with E-state index < -0.39 is 35.7 Å². The van der Waals surface area contributed by atoms with Gasteiger partial charge in [-0.2, -0.15) is 0 Å². The smallest absolute Gasteiger partial charge is 0.329 e. The molecule has 0 aliphatic heterocycles. The van der Waals surface area contributed by atoms with Crippen LogP contribution in [-0.2, 0) is 25.5 Å². The molecule has 0 aromatic heterocycles. The van der Waals surface area contributed by atoms with Crippen molar-refractivity contribution in [3.05, 3.63) is 48.6 Å². The highest BCUT2D eigenvalue weighted by Crippen LogP contribution is 2.26. The second-order valence-electron chi connectivity index (χ2n) is 9.29. The van der Waals surface area contributed by atoms with Crippen molar-refractivity contribution >= 4 is 17.8 Å². The molecule has 1 aliphatic rings. The zero-order valence-electron chi connectivity index (χ0n) is 19.8. The molecule has 0 heterocycles. The minimum absolute atomic E-state index is 0.124. The number of carbonyl (C=O) groups is 3. The van der Waals surface area contributed by atoms with E-state index in [1.807, 2.05) is 44.2 Å². The fourth-order valence-corrected chi connectivity index (χ4v) is 4.43. The molecule has 33 heavy (non-hydrogen) atoms. The van der Waals surface area contributed by atoms with Crippen molar-refractivity contribution in [3.63, 3.8) is 0 Å². The number of rotatable bonds is 12. The molecule has 182 valence electrons. The minimum atomic E-state index is -0.863. The number of allylic oxidation sites excluding steroid dienone is 1. The Kier molecular flexibility index (Phi) is 11.1. The van der Waals surface area contributed by atoms with Gasteiger partial charge in [-0.05, 0) is 50.0 Å². The topological polar surface area (TPSA) is 105 Å². The van der Waals surface area contributed by atoms with Crippen LogP contribution in [0.4, 0.5) is 0 Å². The van der Waals surface area contributed by atoms with E-state index in [1.165, 1.54) is 0 Å². The van der Waals surface area contributed by atoms with E-state index in [2.05, 4.69) is 11.9 Å². The van der Waals surface area contributed by atoms with Gasteiger partial charge in [0.1, 0.15) is 12.1 Å². The van der Waals surface area contributed by atoms with Gasteiger partial charge in [0, 0.05) is 6.42 Å². The molecule has 0 saturated heterocycles. The fraction of sp³-hybridized carbons (Fsp3) is 0.577. The Morgan fingerprint density at radius 1 is 1.09 bits per heavy atom. The van der Waals surface area contributed by atoms with Crippen molar-refractivity contribution < 1.29 is 24.3 Å². The zero-order valence-corrected chi connectivity index (χ0v) is 19.8. The number of nitrogens with one attached hydrogen (secondary N) is 2. The second-order valence-corrected chi connectivity index (χ2v) is 9.29. The summed E-state index contributed by atoms with van der Waals surface area (Å²) in [6.07, 6.45) is 7.27. The number of hydroxylamine groups is 1. The van der Waals surface area contributed by atoms with Gasteiger partial charge in [0.25, 0.3) is 0 Å². The van der Waals surface area contributed by atoms with Crippen LogP contribution >= 0.6 is 0 Å². The van der Waals surface area contributed by atoms with Gasteiger partial charge in [0.05, 0.1) is 11.8 Å². The molecule has 1 saturated carbocycles. The summed E-state index contributed by atoms with van der Waals surface area (Å²) in [5, 5.41) is 12.1. The highest BCUT2D eigenvalue weighted by molar-refractivity contribution is 5.90. The third-order valence-electron chi connectivity index (χ3n) is 6.13. The molecule has 7 heteroatoms. The van der Waals surface area contributed by atoms with Crippen LogP contribution in [0.2, 0.25) is 0 Å². The first-order valence-electron chi connectivity index (χ1n) is 11.9. The van der Waals surface area contributed by atoms with Gasteiger partial charge >= 0.3 is 5.97 Å². The van der Waals surface area contributed by atoms with Crippen LogP contribution in [-0.4, -0.2) is 35.1 Å². The maximum atomic E-state index is 13.4. The Bertz CT molecular complexity index is 774. The highest BCUT2D eigenvalue weighted by Gasteiger charge is 2.36. The Morgan fingerprint density at radius 3 is 2.33 bits per heavy atom. The fourth-order valence-electron chi connectivity index (χ4n) is 4.43. The summed E-state index contributed by atoms with van der Waals surface area (Å²) in [6.45, 7) is 7.60. The largest absolute Gasteiger partial charge is 0.461 e. The Hall–Kier alpha value is -2.67. The maximum absolute atomic E-state index is 13.4. The van der Waals surface area contributed by atoms with Crippen LogP contribution in [0.25, 0.3) is 0 Å². The molecule has 0 bridgehead atoms. The summed E-state index contributed by atoms with van der Waals surface area (Å²) in [5.41, 5.74) is 2.57. The van der Waals surface area contributed by atoms with Crippen molar-refractivity contribution in [2.24, 2.45) is 17.8 Å². The van der Waals surface area contributed by atoms with E-state index >= 15 is 0 Å². The molecular formula is C26H38N2O5. The van der Waals surface area contributed by atoms with Gasteiger partial charge in [-0.15, -0.1) is 6.58 Å². The summed E-state index contributed by atoms with van der Waals surface area (Å²) < 4.78 is 5.77. The van der Waals surface area contributed by atoms with E-state index in [4.69, 9.17) is 4.74 Å². The summed E-state index contributed by atoms with van der Waals surface area (Å²) in [7, 11) is 0. The monoisotopic (exact) mass is 458 g/mol. The summed E-state index contributed by atoms with van der Waals surface area (Å²) in [5.74, 6) is -2.88. The van der Waals surface area contributed by atoms with Gasteiger partial charge < -0.3 is 10.1 Å². The molecule has 0 radical (unpaired) electrons. The lowest BCUT2D eigenvalue weighted by Crippen LogP contribution is -2.49. The molecule has 1 aromatic carbocycles. The minimum Gasteiger partial charge on any atom is -0.461 e. The zero-order chi connectivity index (χ0) is 24.2. The number of ether oxygens (including phenoxy) is 1. The second kappa shape index (κ2) is 13.8. The van der Waals surface area contributed by atoms with E-state index in [0.29, 0.717) is 12.8 Å². The predicted molar refractivity (Wildman–Crippen MR) is 126 cm³/mol. The van der Waals surface area contributed by atoms with Crippen LogP contribution < -0.4 is 10.8 Å². The van der Waals surface area contributed by atoms with Gasteiger partial charge in [-0.1, -0.05) is 56.7 Å². The normalized spacial score (nSPS) is 17.0. The first-order chi connectivity index (χ1) is 15.8. The third-order valence-corrected chi connectivity index (χ3v) is 6.13. The van der Waals surface area contributed by atoms with E-state index in [9.17, 15) is 19.6 Å². The first kappa shape index (κ1) is 26.6. The molecular weight excluding hydrogens is 420 g/mol. The summed E-state index contributed by atoms with van der Waals surface area (Å²) in [4.78, 5) is 38.8. The SMILES string of the molecule is C=CC[C@H](C(=O)NO)[C@@H](CC(C)C)C(=O)N[C@@H](Cc1ccccc1)C(=O)OC1CCCCC1. The Labute approximate surface area is 196 Å². The van der Waals surface area contributed by atoms with Crippen LogP contribution in [0.3, 0.4) is 0 Å². The number of hydrogen-bond donors (Lipinski definition) is 3. The molecule has 1 aliphatic carbocycles. The molecule has 3 N–H and O–H groups in total.